The van der Waals surface area contributed by atoms with Crippen molar-refractivity contribution in [1.29, 1.82) is 0 Å². The second-order valence-electron chi connectivity index (χ2n) is 2.70. The van der Waals surface area contributed by atoms with Crippen LogP contribution >= 0.6 is 0 Å². The Kier molecular flexibility index (Phi) is 3.54. The molecule has 0 fully saturated rings. The molecule has 1 rings (SSSR count). The Morgan fingerprint density at radius 3 is 2.92 bits per heavy atom. The molecule has 66 valence electrons. The highest BCUT2D eigenvalue weighted by Crippen LogP contribution is 2.03. The van der Waals surface area contributed by atoms with Crippen LogP contribution in [-0.2, 0) is 0 Å². The molecule has 0 aromatic carbocycles. The SMILES string of the molecule is CCC(CN)Nc1ccccn1. The lowest BCUT2D eigenvalue weighted by molar-refractivity contribution is 0.700. The molecule has 1 heterocycles. The molecule has 0 aliphatic carbocycles. The zero-order valence-electron chi connectivity index (χ0n) is 7.33. The van der Waals surface area contributed by atoms with E-state index < -0.39 is 0 Å². The minimum Gasteiger partial charge on any atom is -0.366 e. The summed E-state index contributed by atoms with van der Waals surface area (Å²) < 4.78 is 0. The van der Waals surface area contributed by atoms with Crippen LogP contribution in [0.15, 0.2) is 24.4 Å². The average Bonchev–Trinajstić information content (AvgIpc) is 2.16. The van der Waals surface area contributed by atoms with E-state index in [1.54, 1.807) is 6.20 Å². The Bertz CT molecular complexity index is 206. The van der Waals surface area contributed by atoms with Crippen molar-refractivity contribution in [3.63, 3.8) is 0 Å². The Morgan fingerprint density at radius 1 is 1.58 bits per heavy atom. The van der Waals surface area contributed by atoms with Crippen LogP contribution < -0.4 is 11.1 Å². The molecule has 12 heavy (non-hydrogen) atoms. The largest absolute Gasteiger partial charge is 0.366 e. The van der Waals surface area contributed by atoms with Crippen LogP contribution in [0.2, 0.25) is 0 Å². The molecule has 0 aliphatic rings. The normalized spacial score (nSPS) is 12.5. The predicted molar refractivity (Wildman–Crippen MR) is 51.0 cm³/mol. The molecule has 0 radical (unpaired) electrons. The van der Waals surface area contributed by atoms with Gasteiger partial charge in [0.2, 0.25) is 0 Å². The Labute approximate surface area is 73.0 Å². The van der Waals surface area contributed by atoms with Crippen molar-refractivity contribution in [2.24, 2.45) is 5.73 Å². The van der Waals surface area contributed by atoms with Gasteiger partial charge >= 0.3 is 0 Å². The molecule has 0 amide bonds. The number of rotatable bonds is 4. The third kappa shape index (κ3) is 2.51. The second kappa shape index (κ2) is 4.72. The first-order chi connectivity index (χ1) is 5.86. The van der Waals surface area contributed by atoms with E-state index in [1.165, 1.54) is 0 Å². The third-order valence-electron chi connectivity index (χ3n) is 1.79. The minimum absolute atomic E-state index is 0.333. The fourth-order valence-corrected chi connectivity index (χ4v) is 0.985. The van der Waals surface area contributed by atoms with Gasteiger partial charge in [0.25, 0.3) is 0 Å². The maximum atomic E-state index is 5.54. The highest BCUT2D eigenvalue weighted by atomic mass is 15.0. The molecule has 0 saturated carbocycles. The summed E-state index contributed by atoms with van der Waals surface area (Å²) in [5, 5.41) is 3.24. The second-order valence-corrected chi connectivity index (χ2v) is 2.70. The van der Waals surface area contributed by atoms with Crippen LogP contribution in [0.5, 0.6) is 0 Å². The lowest BCUT2D eigenvalue weighted by atomic mass is 10.2. The Hall–Kier alpha value is -1.09. The highest BCUT2D eigenvalue weighted by molar-refractivity contribution is 5.34. The molecule has 0 bridgehead atoms. The van der Waals surface area contributed by atoms with Gasteiger partial charge in [0, 0.05) is 18.8 Å². The summed E-state index contributed by atoms with van der Waals surface area (Å²) >= 11 is 0. The molecule has 0 aliphatic heterocycles. The van der Waals surface area contributed by atoms with E-state index in [0.717, 1.165) is 12.2 Å². The molecular weight excluding hydrogens is 150 g/mol. The van der Waals surface area contributed by atoms with E-state index in [2.05, 4.69) is 17.2 Å². The number of hydrogen-bond acceptors (Lipinski definition) is 3. The Balaban J connectivity index is 2.51. The van der Waals surface area contributed by atoms with Crippen molar-refractivity contribution in [2.45, 2.75) is 19.4 Å². The fraction of sp³-hybridized carbons (Fsp3) is 0.444. The van der Waals surface area contributed by atoms with Gasteiger partial charge in [-0.2, -0.15) is 0 Å². The Morgan fingerprint density at radius 2 is 2.42 bits per heavy atom. The molecule has 1 aromatic rings. The molecule has 1 atom stereocenters. The van der Waals surface area contributed by atoms with Gasteiger partial charge in [-0.05, 0) is 18.6 Å². The molecule has 1 unspecified atom stereocenters. The number of nitrogens with two attached hydrogens (primary N) is 1. The monoisotopic (exact) mass is 165 g/mol. The predicted octanol–water partition coefficient (Wildman–Crippen LogP) is 1.23. The summed E-state index contributed by atoms with van der Waals surface area (Å²) in [6.07, 6.45) is 2.79. The topological polar surface area (TPSA) is 50.9 Å². The van der Waals surface area contributed by atoms with Crippen LogP contribution in [0.4, 0.5) is 5.82 Å². The molecule has 3 nitrogen and oxygen atoms in total. The lowest BCUT2D eigenvalue weighted by Crippen LogP contribution is -2.28. The number of nitrogens with one attached hydrogen (secondary N) is 1. The van der Waals surface area contributed by atoms with Gasteiger partial charge in [0.1, 0.15) is 5.82 Å². The highest BCUT2D eigenvalue weighted by Gasteiger charge is 2.02. The molecule has 1 aromatic heterocycles. The summed E-state index contributed by atoms with van der Waals surface area (Å²) in [6, 6.07) is 6.13. The van der Waals surface area contributed by atoms with Crippen molar-refractivity contribution in [3.05, 3.63) is 24.4 Å². The van der Waals surface area contributed by atoms with Crippen LogP contribution in [0.1, 0.15) is 13.3 Å². The van der Waals surface area contributed by atoms with Crippen molar-refractivity contribution in [2.75, 3.05) is 11.9 Å². The van der Waals surface area contributed by atoms with Crippen molar-refractivity contribution in [3.8, 4) is 0 Å². The summed E-state index contributed by atoms with van der Waals surface area (Å²) in [5.41, 5.74) is 5.54. The minimum atomic E-state index is 0.333. The zero-order chi connectivity index (χ0) is 8.81. The van der Waals surface area contributed by atoms with Crippen molar-refractivity contribution >= 4 is 5.82 Å². The van der Waals surface area contributed by atoms with Crippen LogP contribution in [-0.4, -0.2) is 17.6 Å². The van der Waals surface area contributed by atoms with E-state index in [1.807, 2.05) is 18.2 Å². The molecule has 0 spiro atoms. The van der Waals surface area contributed by atoms with E-state index in [-0.39, 0.29) is 0 Å². The number of aromatic nitrogens is 1. The molecular formula is C9H15N3. The molecule has 3 heteroatoms. The maximum Gasteiger partial charge on any atom is 0.126 e. The summed E-state index contributed by atoms with van der Waals surface area (Å²) in [6.45, 7) is 2.75. The first-order valence-corrected chi connectivity index (χ1v) is 4.24. The molecule has 0 saturated heterocycles. The van der Waals surface area contributed by atoms with Gasteiger partial charge in [-0.15, -0.1) is 0 Å². The van der Waals surface area contributed by atoms with Gasteiger partial charge in [-0.1, -0.05) is 13.0 Å². The number of nitrogens with zero attached hydrogens (tertiary/aromatic N) is 1. The van der Waals surface area contributed by atoms with Crippen LogP contribution in [0.25, 0.3) is 0 Å². The van der Waals surface area contributed by atoms with Gasteiger partial charge in [0.15, 0.2) is 0 Å². The standard InChI is InChI=1S/C9H15N3/c1-2-8(7-10)12-9-5-3-4-6-11-9/h3-6,8H,2,7,10H2,1H3,(H,11,12). The van der Waals surface area contributed by atoms with Gasteiger partial charge in [-0.3, -0.25) is 0 Å². The first kappa shape index (κ1) is 9.00. The summed E-state index contributed by atoms with van der Waals surface area (Å²) in [7, 11) is 0. The summed E-state index contributed by atoms with van der Waals surface area (Å²) in [5.74, 6) is 0.898. The van der Waals surface area contributed by atoms with Crippen molar-refractivity contribution in [1.82, 2.24) is 4.98 Å². The number of hydrogen-bond donors (Lipinski definition) is 2. The maximum absolute atomic E-state index is 5.54. The lowest BCUT2D eigenvalue weighted by Gasteiger charge is -2.14. The third-order valence-corrected chi connectivity index (χ3v) is 1.79. The van der Waals surface area contributed by atoms with Gasteiger partial charge in [0.05, 0.1) is 0 Å². The van der Waals surface area contributed by atoms with Gasteiger partial charge in [-0.25, -0.2) is 4.98 Å². The van der Waals surface area contributed by atoms with E-state index >= 15 is 0 Å². The average molecular weight is 165 g/mol. The summed E-state index contributed by atoms with van der Waals surface area (Å²) in [4.78, 5) is 4.15. The quantitative estimate of drug-likeness (QED) is 0.705. The molecule has 3 N–H and O–H groups in total. The van der Waals surface area contributed by atoms with E-state index in [4.69, 9.17) is 5.73 Å². The van der Waals surface area contributed by atoms with E-state index in [0.29, 0.717) is 12.6 Å². The smallest absolute Gasteiger partial charge is 0.126 e. The van der Waals surface area contributed by atoms with Crippen LogP contribution in [0, 0.1) is 0 Å². The van der Waals surface area contributed by atoms with Gasteiger partial charge < -0.3 is 11.1 Å². The fourth-order valence-electron chi connectivity index (χ4n) is 0.985. The van der Waals surface area contributed by atoms with Crippen molar-refractivity contribution < 1.29 is 0 Å². The first-order valence-electron chi connectivity index (χ1n) is 4.24. The van der Waals surface area contributed by atoms with E-state index in [9.17, 15) is 0 Å². The zero-order valence-corrected chi connectivity index (χ0v) is 7.33. The number of anilines is 1. The number of pyridine rings is 1. The van der Waals surface area contributed by atoms with Crippen LogP contribution in [0.3, 0.4) is 0 Å².